The molecule has 0 radical (unpaired) electrons. The van der Waals surface area contributed by atoms with Crippen LogP contribution >= 0.6 is 0 Å². The number of ether oxygens (including phenoxy) is 2. The number of carbonyl (C=O) groups excluding carboxylic acids is 1. The Kier molecular flexibility index (Phi) is 4.91. The second kappa shape index (κ2) is 7.55. The molecule has 152 valence electrons. The lowest BCUT2D eigenvalue weighted by atomic mass is 9.81. The minimum Gasteiger partial charge on any atom is -0.496 e. The average molecular weight is 401 g/mol. The van der Waals surface area contributed by atoms with Crippen LogP contribution in [0.1, 0.15) is 11.1 Å². The zero-order valence-corrected chi connectivity index (χ0v) is 17.1. The maximum atomic E-state index is 13.4. The van der Waals surface area contributed by atoms with E-state index in [2.05, 4.69) is 4.99 Å². The number of carbonyl (C=O) groups is 1. The van der Waals surface area contributed by atoms with E-state index in [0.29, 0.717) is 11.5 Å². The van der Waals surface area contributed by atoms with E-state index in [0.717, 1.165) is 22.3 Å². The monoisotopic (exact) mass is 401 g/mol. The molecule has 3 aromatic carbocycles. The maximum Gasteiger partial charge on any atom is 0.266 e. The summed E-state index contributed by atoms with van der Waals surface area (Å²) in [4.78, 5) is 19.5. The SMILES string of the molecule is COc1cccc(OC)c1-c1cccc(C2(c3ccccc3)N=C(N)N(C)C2=O)c1. The molecule has 0 fully saturated rings. The van der Waals surface area contributed by atoms with Gasteiger partial charge < -0.3 is 15.2 Å². The van der Waals surface area contributed by atoms with Crippen LogP contribution in [0.15, 0.2) is 77.8 Å². The molecule has 1 amide bonds. The van der Waals surface area contributed by atoms with Crippen LogP contribution in [0, 0.1) is 0 Å². The van der Waals surface area contributed by atoms with Gasteiger partial charge in [-0.05, 0) is 34.9 Å². The van der Waals surface area contributed by atoms with Crippen molar-refractivity contribution in [1.29, 1.82) is 0 Å². The second-order valence-electron chi connectivity index (χ2n) is 7.03. The summed E-state index contributed by atoms with van der Waals surface area (Å²) in [5.74, 6) is 1.34. The van der Waals surface area contributed by atoms with Gasteiger partial charge >= 0.3 is 0 Å². The first-order valence-electron chi connectivity index (χ1n) is 9.54. The van der Waals surface area contributed by atoms with Crippen LogP contribution in [-0.2, 0) is 10.3 Å². The highest BCUT2D eigenvalue weighted by Crippen LogP contribution is 2.43. The molecular formula is C24H23N3O3. The highest BCUT2D eigenvalue weighted by atomic mass is 16.5. The third kappa shape index (κ3) is 2.88. The number of benzene rings is 3. The summed E-state index contributed by atoms with van der Waals surface area (Å²) >= 11 is 0. The van der Waals surface area contributed by atoms with Gasteiger partial charge in [-0.25, -0.2) is 4.99 Å². The predicted molar refractivity (Wildman–Crippen MR) is 117 cm³/mol. The zero-order valence-electron chi connectivity index (χ0n) is 17.1. The molecule has 0 aliphatic carbocycles. The normalized spacial score (nSPS) is 18.3. The Morgan fingerprint density at radius 3 is 2.03 bits per heavy atom. The topological polar surface area (TPSA) is 77.2 Å². The lowest BCUT2D eigenvalue weighted by Crippen LogP contribution is -2.41. The van der Waals surface area contributed by atoms with Gasteiger partial charge in [0.15, 0.2) is 11.5 Å². The molecule has 0 spiro atoms. The van der Waals surface area contributed by atoms with E-state index < -0.39 is 5.54 Å². The molecule has 1 aliphatic heterocycles. The highest BCUT2D eigenvalue weighted by molar-refractivity contribution is 6.09. The van der Waals surface area contributed by atoms with E-state index >= 15 is 0 Å². The van der Waals surface area contributed by atoms with Crippen molar-refractivity contribution in [2.24, 2.45) is 10.7 Å². The molecule has 1 heterocycles. The largest absolute Gasteiger partial charge is 0.496 e. The van der Waals surface area contributed by atoms with Crippen molar-refractivity contribution in [3.8, 4) is 22.6 Å². The number of rotatable bonds is 5. The number of hydrogen-bond donors (Lipinski definition) is 1. The summed E-state index contributed by atoms with van der Waals surface area (Å²) in [6.07, 6.45) is 0. The lowest BCUT2D eigenvalue weighted by Gasteiger charge is -2.26. The minimum absolute atomic E-state index is 0.184. The van der Waals surface area contributed by atoms with E-state index in [1.807, 2.05) is 72.8 Å². The molecule has 0 saturated heterocycles. The van der Waals surface area contributed by atoms with E-state index in [1.54, 1.807) is 21.3 Å². The van der Waals surface area contributed by atoms with Crippen LogP contribution in [0.5, 0.6) is 11.5 Å². The number of aliphatic imine (C=N–C) groups is 1. The third-order valence-electron chi connectivity index (χ3n) is 5.43. The first-order chi connectivity index (χ1) is 14.5. The lowest BCUT2D eigenvalue weighted by molar-refractivity contribution is -0.129. The Labute approximate surface area is 175 Å². The fraction of sp³-hybridized carbons (Fsp3) is 0.167. The highest BCUT2D eigenvalue weighted by Gasteiger charge is 2.49. The van der Waals surface area contributed by atoms with Gasteiger partial charge in [-0.1, -0.05) is 54.6 Å². The first-order valence-corrected chi connectivity index (χ1v) is 9.54. The summed E-state index contributed by atoms with van der Waals surface area (Å²) in [7, 11) is 4.88. The molecule has 1 unspecified atom stereocenters. The number of nitrogens with two attached hydrogens (primary N) is 1. The van der Waals surface area contributed by atoms with Crippen molar-refractivity contribution < 1.29 is 14.3 Å². The van der Waals surface area contributed by atoms with E-state index in [4.69, 9.17) is 15.2 Å². The molecule has 4 rings (SSSR count). The molecule has 0 bridgehead atoms. The molecule has 6 nitrogen and oxygen atoms in total. The molecule has 1 aliphatic rings. The van der Waals surface area contributed by atoms with E-state index in [-0.39, 0.29) is 11.9 Å². The number of methoxy groups -OCH3 is 2. The number of amides is 1. The second-order valence-corrected chi connectivity index (χ2v) is 7.03. The Hall–Kier alpha value is -3.80. The van der Waals surface area contributed by atoms with Gasteiger partial charge in [0.1, 0.15) is 11.5 Å². The van der Waals surface area contributed by atoms with Crippen LogP contribution in [0.25, 0.3) is 11.1 Å². The standard InChI is InChI=1S/C24H23N3O3/c1-27-22(28)24(26-23(27)25,17-10-5-4-6-11-17)18-12-7-9-16(15-18)21-19(29-2)13-8-14-20(21)30-3/h4-15H,1-3H3,(H2,25,26). The first kappa shape index (κ1) is 19.5. The van der Waals surface area contributed by atoms with E-state index in [9.17, 15) is 4.79 Å². The van der Waals surface area contributed by atoms with Crippen molar-refractivity contribution in [3.05, 3.63) is 83.9 Å². The van der Waals surface area contributed by atoms with Crippen LogP contribution in [-0.4, -0.2) is 38.0 Å². The Bertz CT molecular complexity index is 1110. The molecular weight excluding hydrogens is 378 g/mol. The molecule has 0 aromatic heterocycles. The molecule has 0 saturated carbocycles. The summed E-state index contributed by atoms with van der Waals surface area (Å²) < 4.78 is 11.1. The van der Waals surface area contributed by atoms with Crippen molar-refractivity contribution in [1.82, 2.24) is 4.90 Å². The van der Waals surface area contributed by atoms with Gasteiger partial charge in [0.2, 0.25) is 0 Å². The fourth-order valence-electron chi connectivity index (χ4n) is 3.90. The number of nitrogens with zero attached hydrogens (tertiary/aromatic N) is 2. The minimum atomic E-state index is -1.24. The quantitative estimate of drug-likeness (QED) is 0.711. The van der Waals surface area contributed by atoms with Crippen LogP contribution in [0.4, 0.5) is 0 Å². The summed E-state index contributed by atoms with van der Waals surface area (Å²) in [6.45, 7) is 0. The van der Waals surface area contributed by atoms with Gasteiger partial charge in [-0.15, -0.1) is 0 Å². The molecule has 2 N–H and O–H groups in total. The third-order valence-corrected chi connectivity index (χ3v) is 5.43. The number of hydrogen-bond acceptors (Lipinski definition) is 5. The van der Waals surface area contributed by atoms with Crippen molar-refractivity contribution in [2.75, 3.05) is 21.3 Å². The van der Waals surface area contributed by atoms with Crippen molar-refractivity contribution in [3.63, 3.8) is 0 Å². The molecule has 30 heavy (non-hydrogen) atoms. The molecule has 1 atom stereocenters. The van der Waals surface area contributed by atoms with Crippen molar-refractivity contribution >= 4 is 11.9 Å². The summed E-state index contributed by atoms with van der Waals surface area (Å²) in [5.41, 5.74) is 7.97. The van der Waals surface area contributed by atoms with Gasteiger partial charge in [0.05, 0.1) is 19.8 Å². The molecule has 6 heteroatoms. The summed E-state index contributed by atoms with van der Waals surface area (Å²) in [6, 6.07) is 22.8. The van der Waals surface area contributed by atoms with Gasteiger partial charge in [0, 0.05) is 7.05 Å². The average Bonchev–Trinajstić information content (AvgIpc) is 3.03. The van der Waals surface area contributed by atoms with Gasteiger partial charge in [0.25, 0.3) is 5.91 Å². The zero-order chi connectivity index (χ0) is 21.3. The number of guanidine groups is 1. The van der Waals surface area contributed by atoms with E-state index in [1.165, 1.54) is 4.90 Å². The van der Waals surface area contributed by atoms with Crippen LogP contribution in [0.2, 0.25) is 0 Å². The fourth-order valence-corrected chi connectivity index (χ4v) is 3.90. The van der Waals surface area contributed by atoms with Gasteiger partial charge in [-0.3, -0.25) is 9.69 Å². The summed E-state index contributed by atoms with van der Waals surface area (Å²) in [5, 5.41) is 0. The smallest absolute Gasteiger partial charge is 0.266 e. The Morgan fingerprint density at radius 2 is 1.47 bits per heavy atom. The van der Waals surface area contributed by atoms with Crippen LogP contribution < -0.4 is 15.2 Å². The van der Waals surface area contributed by atoms with Crippen LogP contribution in [0.3, 0.4) is 0 Å². The Morgan fingerprint density at radius 1 is 0.867 bits per heavy atom. The maximum absolute atomic E-state index is 13.4. The number of likely N-dealkylation sites (N-methyl/N-ethyl adjacent to an activating group) is 1. The predicted octanol–water partition coefficient (Wildman–Crippen LogP) is 3.40. The molecule has 3 aromatic rings. The van der Waals surface area contributed by atoms with Crippen molar-refractivity contribution in [2.45, 2.75) is 5.54 Å². The van der Waals surface area contributed by atoms with Gasteiger partial charge in [-0.2, -0.15) is 0 Å². The Balaban J connectivity index is 1.97.